The minimum atomic E-state index is -0.913. The number of non-ortho nitro benzene ring substituents is 2. The third-order valence-corrected chi connectivity index (χ3v) is 7.68. The average Bonchev–Trinajstić information content (AvgIpc) is 2.96. The third-order valence-electron chi connectivity index (χ3n) is 6.56. The van der Waals surface area contributed by atoms with Gasteiger partial charge in [0.25, 0.3) is 11.4 Å². The lowest BCUT2D eigenvalue weighted by Crippen LogP contribution is -2.39. The Labute approximate surface area is 256 Å². The number of nitrogens with zero attached hydrogens (tertiary/aromatic N) is 2. The molecule has 0 spiro atoms. The van der Waals surface area contributed by atoms with E-state index in [1.807, 2.05) is 0 Å². The van der Waals surface area contributed by atoms with Crippen molar-refractivity contribution in [2.24, 2.45) is 5.41 Å². The number of nitro benzene ring substituents is 2. The molecule has 0 aliphatic carbocycles. The van der Waals surface area contributed by atoms with E-state index in [1.165, 1.54) is 24.3 Å². The number of carbonyl (C=O) groups is 2. The highest BCUT2D eigenvalue weighted by molar-refractivity contribution is 9.09. The predicted octanol–water partition coefficient (Wildman–Crippen LogP) is 7.27. The standard InChI is InChI=1S/C29H36Br2N2O8/c30-17-5-1-3-7-27(34)40-21-29(22-41-28(35)8-4-2-6-18-31,19-23-9-13-25(14-10-23)32(36)37)20-24-11-15-26(16-12-24)33(38)39/h9-16H,1-8,17-22H2. The second kappa shape index (κ2) is 18.5. The number of halogens is 2. The molecule has 0 aromatic heterocycles. The second-order valence-corrected chi connectivity index (χ2v) is 11.6. The number of nitro groups is 2. The first kappa shape index (κ1) is 34.3. The summed E-state index contributed by atoms with van der Waals surface area (Å²) in [4.78, 5) is 46.6. The van der Waals surface area contributed by atoms with E-state index in [-0.39, 0.29) is 62.2 Å². The highest BCUT2D eigenvalue weighted by Crippen LogP contribution is 2.31. The molecule has 0 aliphatic heterocycles. The molecule has 2 aromatic rings. The van der Waals surface area contributed by atoms with E-state index < -0.39 is 15.3 Å². The first-order chi connectivity index (χ1) is 19.7. The lowest BCUT2D eigenvalue weighted by atomic mass is 9.77. The van der Waals surface area contributed by atoms with E-state index in [9.17, 15) is 29.8 Å². The minimum Gasteiger partial charge on any atom is -0.465 e. The summed E-state index contributed by atoms with van der Waals surface area (Å²) < 4.78 is 11.5. The van der Waals surface area contributed by atoms with Gasteiger partial charge >= 0.3 is 11.9 Å². The number of alkyl halides is 2. The smallest absolute Gasteiger partial charge is 0.305 e. The van der Waals surface area contributed by atoms with Gasteiger partial charge in [-0.2, -0.15) is 0 Å². The molecule has 0 radical (unpaired) electrons. The molecule has 0 heterocycles. The number of carbonyl (C=O) groups excluding carboxylic acids is 2. The largest absolute Gasteiger partial charge is 0.465 e. The molecule has 0 amide bonds. The van der Waals surface area contributed by atoms with Gasteiger partial charge in [0.15, 0.2) is 0 Å². The van der Waals surface area contributed by atoms with Gasteiger partial charge in [-0.3, -0.25) is 29.8 Å². The SMILES string of the molecule is O=C(CCCCCBr)OCC(COC(=O)CCCCCBr)(Cc1ccc([N+](=O)[O-])cc1)Cc1ccc([N+](=O)[O-])cc1. The number of rotatable bonds is 20. The summed E-state index contributed by atoms with van der Waals surface area (Å²) in [5.41, 5.74) is 0.445. The Balaban J connectivity index is 2.33. The summed E-state index contributed by atoms with van der Waals surface area (Å²) in [6.07, 6.45) is 6.11. The molecule has 12 heteroatoms. The van der Waals surface area contributed by atoms with Crippen LogP contribution in [0.3, 0.4) is 0 Å². The molecule has 2 aromatic carbocycles. The highest BCUT2D eigenvalue weighted by atomic mass is 79.9. The normalized spacial score (nSPS) is 11.2. The van der Waals surface area contributed by atoms with Gasteiger partial charge in [0, 0.05) is 53.2 Å². The lowest BCUT2D eigenvalue weighted by molar-refractivity contribution is -0.385. The number of hydrogen-bond donors (Lipinski definition) is 0. The van der Waals surface area contributed by atoms with Gasteiger partial charge in [-0.1, -0.05) is 69.0 Å². The van der Waals surface area contributed by atoms with E-state index in [0.29, 0.717) is 12.8 Å². The summed E-state index contributed by atoms with van der Waals surface area (Å²) >= 11 is 6.76. The van der Waals surface area contributed by atoms with Crippen molar-refractivity contribution in [3.63, 3.8) is 0 Å². The fraction of sp³-hybridized carbons (Fsp3) is 0.517. The van der Waals surface area contributed by atoms with Crippen molar-refractivity contribution in [3.8, 4) is 0 Å². The van der Waals surface area contributed by atoms with Crippen molar-refractivity contribution in [1.29, 1.82) is 0 Å². The monoisotopic (exact) mass is 698 g/mol. The number of ether oxygens (including phenoxy) is 2. The molecule has 0 unspecified atom stereocenters. The van der Waals surface area contributed by atoms with Crippen LogP contribution in [0.2, 0.25) is 0 Å². The first-order valence-electron chi connectivity index (χ1n) is 13.6. The summed E-state index contributed by atoms with van der Waals surface area (Å²) in [5, 5.41) is 24.0. The summed E-state index contributed by atoms with van der Waals surface area (Å²) in [5.74, 6) is -0.727. The Morgan fingerprint density at radius 3 is 1.32 bits per heavy atom. The van der Waals surface area contributed by atoms with Crippen LogP contribution < -0.4 is 0 Å². The summed E-state index contributed by atoms with van der Waals surface area (Å²) in [6.45, 7) is -0.121. The molecule has 2 rings (SSSR count). The Morgan fingerprint density at radius 2 is 1.00 bits per heavy atom. The van der Waals surface area contributed by atoms with Crippen molar-refractivity contribution in [1.82, 2.24) is 0 Å². The van der Waals surface area contributed by atoms with Crippen LogP contribution in [0.25, 0.3) is 0 Å². The number of benzene rings is 2. The molecule has 0 atom stereocenters. The van der Waals surface area contributed by atoms with Crippen LogP contribution in [0.15, 0.2) is 48.5 Å². The van der Waals surface area contributed by atoms with E-state index >= 15 is 0 Å². The quantitative estimate of drug-likeness (QED) is 0.0462. The van der Waals surface area contributed by atoms with Crippen molar-refractivity contribution < 1.29 is 28.9 Å². The van der Waals surface area contributed by atoms with Gasteiger partial charge in [0.2, 0.25) is 0 Å². The molecular weight excluding hydrogens is 664 g/mol. The highest BCUT2D eigenvalue weighted by Gasteiger charge is 2.35. The third kappa shape index (κ3) is 13.1. The van der Waals surface area contributed by atoms with Gasteiger partial charge < -0.3 is 9.47 Å². The minimum absolute atomic E-state index is 0.0560. The Morgan fingerprint density at radius 1 is 0.634 bits per heavy atom. The van der Waals surface area contributed by atoms with Crippen LogP contribution in [0.5, 0.6) is 0 Å². The molecule has 10 nitrogen and oxygen atoms in total. The fourth-order valence-electron chi connectivity index (χ4n) is 4.34. The molecular formula is C29H36Br2N2O8. The molecule has 41 heavy (non-hydrogen) atoms. The van der Waals surface area contributed by atoms with Crippen LogP contribution in [0.1, 0.15) is 62.5 Å². The lowest BCUT2D eigenvalue weighted by Gasteiger charge is -2.33. The number of hydrogen-bond acceptors (Lipinski definition) is 8. The van der Waals surface area contributed by atoms with Crippen molar-refractivity contribution >= 4 is 55.2 Å². The van der Waals surface area contributed by atoms with Gasteiger partial charge in [0.05, 0.1) is 9.85 Å². The van der Waals surface area contributed by atoms with Crippen molar-refractivity contribution in [2.75, 3.05) is 23.9 Å². The van der Waals surface area contributed by atoms with Gasteiger partial charge in [-0.25, -0.2) is 0 Å². The molecule has 0 N–H and O–H groups in total. The van der Waals surface area contributed by atoms with Gasteiger partial charge in [-0.05, 0) is 49.7 Å². The molecule has 0 saturated carbocycles. The van der Waals surface area contributed by atoms with Crippen molar-refractivity contribution in [3.05, 3.63) is 79.9 Å². The van der Waals surface area contributed by atoms with E-state index in [2.05, 4.69) is 31.9 Å². The maximum atomic E-state index is 12.6. The Kier molecular flexibility index (Phi) is 15.5. The zero-order chi connectivity index (χ0) is 30.1. The van der Waals surface area contributed by atoms with Crippen LogP contribution in [-0.4, -0.2) is 45.7 Å². The summed E-state index contributed by atoms with van der Waals surface area (Å²) in [6, 6.07) is 12.1. The van der Waals surface area contributed by atoms with Crippen molar-refractivity contribution in [2.45, 2.75) is 64.2 Å². The summed E-state index contributed by atoms with van der Waals surface area (Å²) in [7, 11) is 0. The predicted molar refractivity (Wildman–Crippen MR) is 162 cm³/mol. The average molecular weight is 700 g/mol. The van der Waals surface area contributed by atoms with Crippen LogP contribution >= 0.6 is 31.9 Å². The van der Waals surface area contributed by atoms with E-state index in [4.69, 9.17) is 9.47 Å². The number of unbranched alkanes of at least 4 members (excludes halogenated alkanes) is 4. The van der Waals surface area contributed by atoms with Gasteiger partial charge in [0.1, 0.15) is 13.2 Å². The molecule has 0 saturated heterocycles. The molecule has 0 bridgehead atoms. The second-order valence-electron chi connectivity index (χ2n) is 10.0. The van der Waals surface area contributed by atoms with Gasteiger partial charge in [-0.15, -0.1) is 0 Å². The molecule has 0 fully saturated rings. The molecule has 224 valence electrons. The first-order valence-corrected chi connectivity index (χ1v) is 15.8. The Hall–Kier alpha value is -2.86. The van der Waals surface area contributed by atoms with Crippen LogP contribution in [0.4, 0.5) is 11.4 Å². The zero-order valence-electron chi connectivity index (χ0n) is 22.9. The van der Waals surface area contributed by atoms with E-state index in [1.54, 1.807) is 24.3 Å². The van der Waals surface area contributed by atoms with Crippen LogP contribution in [-0.2, 0) is 31.9 Å². The maximum absolute atomic E-state index is 12.6. The number of esters is 2. The van der Waals surface area contributed by atoms with E-state index in [0.717, 1.165) is 47.5 Å². The van der Waals surface area contributed by atoms with Crippen LogP contribution in [0, 0.1) is 25.6 Å². The maximum Gasteiger partial charge on any atom is 0.305 e. The Bertz CT molecular complexity index is 1040. The molecule has 0 aliphatic rings. The fourth-order valence-corrected chi connectivity index (χ4v) is 5.13. The topological polar surface area (TPSA) is 139 Å². The zero-order valence-corrected chi connectivity index (χ0v) is 26.1.